The minimum absolute atomic E-state index is 0.699. The molecule has 0 aliphatic rings. The van der Waals surface area contributed by atoms with E-state index in [1.54, 1.807) is 7.11 Å². The maximum atomic E-state index is 5.70. The van der Waals surface area contributed by atoms with Crippen molar-refractivity contribution in [3.8, 4) is 11.5 Å². The van der Waals surface area contributed by atoms with Gasteiger partial charge in [0.15, 0.2) is 0 Å². The van der Waals surface area contributed by atoms with Gasteiger partial charge >= 0.3 is 0 Å². The Kier molecular flexibility index (Phi) is 5.50. The van der Waals surface area contributed by atoms with Crippen LogP contribution in [0.25, 0.3) is 0 Å². The molecule has 0 heterocycles. The molecular weight excluding hydrogens is 262 g/mol. The second kappa shape index (κ2) is 7.58. The highest BCUT2D eigenvalue weighted by molar-refractivity contribution is 5.52. The van der Waals surface area contributed by atoms with Crippen LogP contribution in [0, 0.1) is 13.8 Å². The summed E-state index contributed by atoms with van der Waals surface area (Å²) in [5, 5.41) is 3.46. The molecule has 0 unspecified atom stereocenters. The monoisotopic (exact) mass is 285 g/mol. The van der Waals surface area contributed by atoms with Gasteiger partial charge in [-0.1, -0.05) is 12.1 Å². The molecule has 0 radical (unpaired) electrons. The second-order valence-electron chi connectivity index (χ2n) is 5.12. The van der Waals surface area contributed by atoms with Gasteiger partial charge in [0.2, 0.25) is 0 Å². The lowest BCUT2D eigenvalue weighted by Gasteiger charge is -2.11. The molecule has 0 aliphatic heterocycles. The molecule has 2 aromatic carbocycles. The zero-order chi connectivity index (χ0) is 15.1. The zero-order valence-corrected chi connectivity index (χ0v) is 13.0. The van der Waals surface area contributed by atoms with Gasteiger partial charge in [-0.3, -0.25) is 0 Å². The third-order valence-electron chi connectivity index (χ3n) is 3.36. The molecule has 0 aliphatic carbocycles. The molecule has 112 valence electrons. The molecule has 0 bridgehead atoms. The fraction of sp³-hybridized carbons (Fsp3) is 0.333. The molecule has 0 atom stereocenters. The van der Waals surface area contributed by atoms with E-state index in [0.29, 0.717) is 6.61 Å². The first kappa shape index (κ1) is 15.2. The van der Waals surface area contributed by atoms with Gasteiger partial charge in [0.25, 0.3) is 0 Å². The van der Waals surface area contributed by atoms with Crippen LogP contribution in [0.5, 0.6) is 11.5 Å². The Bertz CT molecular complexity index is 564. The Balaban J connectivity index is 1.71. The topological polar surface area (TPSA) is 30.5 Å². The summed E-state index contributed by atoms with van der Waals surface area (Å²) >= 11 is 0. The highest BCUT2D eigenvalue weighted by atomic mass is 16.5. The smallest absolute Gasteiger partial charge is 0.119 e. The van der Waals surface area contributed by atoms with Crippen molar-refractivity contribution in [3.05, 3.63) is 53.6 Å². The van der Waals surface area contributed by atoms with Crippen LogP contribution >= 0.6 is 0 Å². The molecular formula is C18H23NO2. The first-order chi connectivity index (χ1) is 10.2. The van der Waals surface area contributed by atoms with Crippen molar-refractivity contribution in [2.75, 3.05) is 25.6 Å². The van der Waals surface area contributed by atoms with Crippen LogP contribution in [0.3, 0.4) is 0 Å². The largest absolute Gasteiger partial charge is 0.497 e. The van der Waals surface area contributed by atoms with Crippen LogP contribution in [-0.2, 0) is 0 Å². The van der Waals surface area contributed by atoms with Gasteiger partial charge in [0, 0.05) is 12.2 Å². The quantitative estimate of drug-likeness (QED) is 0.774. The van der Waals surface area contributed by atoms with Gasteiger partial charge in [-0.15, -0.1) is 0 Å². The third-order valence-corrected chi connectivity index (χ3v) is 3.36. The molecule has 0 spiro atoms. The predicted molar refractivity (Wildman–Crippen MR) is 87.5 cm³/mol. The van der Waals surface area contributed by atoms with E-state index in [-0.39, 0.29) is 0 Å². The number of nitrogens with one attached hydrogen (secondary N) is 1. The van der Waals surface area contributed by atoms with Crippen molar-refractivity contribution >= 4 is 5.69 Å². The third kappa shape index (κ3) is 4.71. The summed E-state index contributed by atoms with van der Waals surface area (Å²) in [7, 11) is 1.66. The van der Waals surface area contributed by atoms with E-state index in [0.717, 1.165) is 24.5 Å². The Labute approximate surface area is 126 Å². The van der Waals surface area contributed by atoms with Crippen molar-refractivity contribution in [1.82, 2.24) is 0 Å². The molecule has 0 saturated heterocycles. The van der Waals surface area contributed by atoms with E-state index in [9.17, 15) is 0 Å². The molecule has 21 heavy (non-hydrogen) atoms. The van der Waals surface area contributed by atoms with E-state index in [1.165, 1.54) is 16.8 Å². The fourth-order valence-electron chi connectivity index (χ4n) is 2.08. The number of rotatable bonds is 7. The highest BCUT2D eigenvalue weighted by Crippen LogP contribution is 2.18. The predicted octanol–water partition coefficient (Wildman–Crippen LogP) is 4.19. The minimum Gasteiger partial charge on any atom is -0.497 e. The molecule has 0 amide bonds. The fourth-order valence-corrected chi connectivity index (χ4v) is 2.08. The number of aryl methyl sites for hydroxylation is 2. The Hall–Kier alpha value is -2.16. The van der Waals surface area contributed by atoms with E-state index in [1.807, 2.05) is 24.3 Å². The maximum absolute atomic E-state index is 5.70. The molecule has 2 rings (SSSR count). The van der Waals surface area contributed by atoms with Gasteiger partial charge < -0.3 is 14.8 Å². The number of ether oxygens (including phenoxy) is 2. The van der Waals surface area contributed by atoms with Gasteiger partial charge in [0.05, 0.1) is 13.7 Å². The summed E-state index contributed by atoms with van der Waals surface area (Å²) in [6.45, 7) is 5.83. The summed E-state index contributed by atoms with van der Waals surface area (Å²) in [5.41, 5.74) is 3.76. The first-order valence-corrected chi connectivity index (χ1v) is 7.27. The summed E-state index contributed by atoms with van der Waals surface area (Å²) in [4.78, 5) is 0. The van der Waals surface area contributed by atoms with Crippen molar-refractivity contribution in [1.29, 1.82) is 0 Å². The summed E-state index contributed by atoms with van der Waals surface area (Å²) in [6.07, 6.45) is 0.958. The second-order valence-corrected chi connectivity index (χ2v) is 5.12. The summed E-state index contributed by atoms with van der Waals surface area (Å²) in [6, 6.07) is 14.1. The number of methoxy groups -OCH3 is 1. The van der Waals surface area contributed by atoms with Crippen LogP contribution in [0.15, 0.2) is 42.5 Å². The van der Waals surface area contributed by atoms with Gasteiger partial charge in [-0.05, 0) is 61.7 Å². The molecule has 0 aromatic heterocycles. The number of hydrogen-bond donors (Lipinski definition) is 1. The van der Waals surface area contributed by atoms with Gasteiger partial charge in [-0.2, -0.15) is 0 Å². The lowest BCUT2D eigenvalue weighted by atomic mass is 10.1. The SMILES string of the molecule is COc1ccc(OCCCNc2cc(C)ccc2C)cc1. The molecule has 3 heteroatoms. The Morgan fingerprint density at radius 2 is 1.67 bits per heavy atom. The van der Waals surface area contributed by atoms with Crippen molar-refractivity contribution in [2.24, 2.45) is 0 Å². The van der Waals surface area contributed by atoms with Crippen LogP contribution in [-0.4, -0.2) is 20.3 Å². The van der Waals surface area contributed by atoms with Crippen molar-refractivity contribution in [3.63, 3.8) is 0 Å². The number of benzene rings is 2. The van der Waals surface area contributed by atoms with Crippen LogP contribution < -0.4 is 14.8 Å². The zero-order valence-electron chi connectivity index (χ0n) is 13.0. The molecule has 1 N–H and O–H groups in total. The summed E-state index contributed by atoms with van der Waals surface area (Å²) < 4.78 is 10.8. The van der Waals surface area contributed by atoms with Crippen LogP contribution in [0.1, 0.15) is 17.5 Å². The van der Waals surface area contributed by atoms with E-state index in [2.05, 4.69) is 37.4 Å². The first-order valence-electron chi connectivity index (χ1n) is 7.27. The average Bonchev–Trinajstić information content (AvgIpc) is 2.51. The molecule has 3 nitrogen and oxygen atoms in total. The number of hydrogen-bond acceptors (Lipinski definition) is 3. The van der Waals surface area contributed by atoms with E-state index in [4.69, 9.17) is 9.47 Å². The van der Waals surface area contributed by atoms with Crippen molar-refractivity contribution < 1.29 is 9.47 Å². The molecule has 0 saturated carbocycles. The van der Waals surface area contributed by atoms with Crippen LogP contribution in [0.4, 0.5) is 5.69 Å². The average molecular weight is 285 g/mol. The summed E-state index contributed by atoms with van der Waals surface area (Å²) in [5.74, 6) is 1.72. The number of anilines is 1. The minimum atomic E-state index is 0.699. The van der Waals surface area contributed by atoms with Gasteiger partial charge in [-0.25, -0.2) is 0 Å². The Morgan fingerprint density at radius 1 is 0.952 bits per heavy atom. The molecule has 0 fully saturated rings. The normalized spacial score (nSPS) is 10.2. The Morgan fingerprint density at radius 3 is 2.38 bits per heavy atom. The standard InChI is InChI=1S/C18H23NO2/c1-14-5-6-15(2)18(13-14)19-11-4-12-21-17-9-7-16(20-3)8-10-17/h5-10,13,19H,4,11-12H2,1-3H3. The lowest BCUT2D eigenvalue weighted by molar-refractivity contribution is 0.314. The van der Waals surface area contributed by atoms with Crippen LogP contribution in [0.2, 0.25) is 0 Å². The van der Waals surface area contributed by atoms with Gasteiger partial charge in [0.1, 0.15) is 11.5 Å². The van der Waals surface area contributed by atoms with Crippen molar-refractivity contribution in [2.45, 2.75) is 20.3 Å². The molecule has 2 aromatic rings. The van der Waals surface area contributed by atoms with E-state index >= 15 is 0 Å². The van der Waals surface area contributed by atoms with E-state index < -0.39 is 0 Å². The maximum Gasteiger partial charge on any atom is 0.119 e. The lowest BCUT2D eigenvalue weighted by Crippen LogP contribution is -2.08. The highest BCUT2D eigenvalue weighted by Gasteiger charge is 1.98.